The minimum absolute atomic E-state index is 0.339. The maximum absolute atomic E-state index is 11.0. The lowest BCUT2D eigenvalue weighted by molar-refractivity contribution is 0.00374. The molecule has 0 rings (SSSR count). The van der Waals surface area contributed by atoms with Crippen molar-refractivity contribution in [2.24, 2.45) is 5.92 Å². The van der Waals surface area contributed by atoms with Gasteiger partial charge >= 0.3 is 0 Å². The van der Waals surface area contributed by atoms with Crippen LogP contribution in [0.25, 0.3) is 0 Å². The Balaban J connectivity index is 3.48. The van der Waals surface area contributed by atoms with E-state index in [1.807, 2.05) is 6.08 Å². The summed E-state index contributed by atoms with van der Waals surface area (Å²) in [6.45, 7) is 8.85. The van der Waals surface area contributed by atoms with Crippen molar-refractivity contribution in [3.8, 4) is 0 Å². The van der Waals surface area contributed by atoms with E-state index in [1.54, 1.807) is 6.92 Å². The van der Waals surface area contributed by atoms with Crippen molar-refractivity contribution >= 4 is 0 Å². The van der Waals surface area contributed by atoms with Gasteiger partial charge < -0.3 is 4.74 Å². The predicted octanol–water partition coefficient (Wildman–Crippen LogP) is 7.66. The molecule has 0 aromatic carbocycles. The van der Waals surface area contributed by atoms with E-state index in [2.05, 4.69) is 25.7 Å². The third-order valence-electron chi connectivity index (χ3n) is 4.90. The van der Waals surface area contributed by atoms with Crippen LogP contribution in [0.1, 0.15) is 104 Å². The fraction of sp³-hybridized carbons (Fsp3) is 0.833. The smallest absolute Gasteiger partial charge is 0.113 e. The van der Waals surface area contributed by atoms with Gasteiger partial charge in [-0.2, -0.15) is 0 Å². The highest BCUT2D eigenvalue weighted by atomic mass is 16.5. The van der Waals surface area contributed by atoms with E-state index < -0.39 is 6.10 Å². The summed E-state index contributed by atoms with van der Waals surface area (Å²) >= 11 is 0. The van der Waals surface area contributed by atoms with Crippen LogP contribution >= 0.6 is 0 Å². The van der Waals surface area contributed by atoms with Crippen LogP contribution in [-0.4, -0.2) is 19.3 Å². The molecule has 0 spiro atoms. The molecule has 2 nitrogen and oxygen atoms in total. The normalized spacial score (nSPS) is 14.0. The maximum atomic E-state index is 11.0. The van der Waals surface area contributed by atoms with Crippen LogP contribution in [0.3, 0.4) is 0 Å². The molecular weight excluding hydrogens is 320 g/mol. The summed E-state index contributed by atoms with van der Waals surface area (Å²) in [4.78, 5) is 0. The average molecular weight is 366 g/mol. The monoisotopic (exact) mass is 365 g/mol. The van der Waals surface area contributed by atoms with Crippen LogP contribution in [0.5, 0.6) is 0 Å². The SMILES string of the molecule is C=CCC(CCCCC/C=C\CCCCCCCC)CCOCC(C)[O]. The van der Waals surface area contributed by atoms with Crippen LogP contribution in [0.2, 0.25) is 0 Å². The summed E-state index contributed by atoms with van der Waals surface area (Å²) in [7, 11) is 0. The highest BCUT2D eigenvalue weighted by Crippen LogP contribution is 2.19. The minimum atomic E-state index is -0.609. The van der Waals surface area contributed by atoms with Gasteiger partial charge in [0.05, 0.1) is 6.61 Å². The third-order valence-corrected chi connectivity index (χ3v) is 4.90. The average Bonchev–Trinajstić information content (AvgIpc) is 2.62. The first kappa shape index (κ1) is 25.4. The molecule has 0 aromatic rings. The van der Waals surface area contributed by atoms with E-state index in [-0.39, 0.29) is 0 Å². The Labute approximate surface area is 164 Å². The van der Waals surface area contributed by atoms with Crippen LogP contribution in [0.15, 0.2) is 24.8 Å². The number of hydrogen-bond donors (Lipinski definition) is 0. The molecule has 2 unspecified atom stereocenters. The van der Waals surface area contributed by atoms with Gasteiger partial charge in [0, 0.05) is 6.61 Å². The quantitative estimate of drug-likeness (QED) is 0.161. The molecule has 153 valence electrons. The summed E-state index contributed by atoms with van der Waals surface area (Å²) in [6, 6.07) is 0. The second kappa shape index (κ2) is 20.7. The van der Waals surface area contributed by atoms with Gasteiger partial charge in [-0.15, -0.1) is 6.58 Å². The largest absolute Gasteiger partial charge is 0.379 e. The lowest BCUT2D eigenvalue weighted by Crippen LogP contribution is -2.12. The van der Waals surface area contributed by atoms with Gasteiger partial charge in [0.25, 0.3) is 0 Å². The summed E-state index contributed by atoms with van der Waals surface area (Å²) < 4.78 is 5.43. The summed E-state index contributed by atoms with van der Waals surface area (Å²) in [5.41, 5.74) is 0. The number of allylic oxidation sites excluding steroid dienone is 3. The molecular formula is C24H45O2. The van der Waals surface area contributed by atoms with Gasteiger partial charge in [0.2, 0.25) is 0 Å². The Morgan fingerprint density at radius 2 is 1.50 bits per heavy atom. The fourth-order valence-electron chi connectivity index (χ4n) is 3.27. The van der Waals surface area contributed by atoms with E-state index in [1.165, 1.54) is 77.0 Å². The minimum Gasteiger partial charge on any atom is -0.379 e. The molecule has 0 aromatic heterocycles. The highest BCUT2D eigenvalue weighted by molar-refractivity contribution is 4.81. The predicted molar refractivity (Wildman–Crippen MR) is 114 cm³/mol. The zero-order chi connectivity index (χ0) is 19.3. The van der Waals surface area contributed by atoms with Crippen molar-refractivity contribution in [3.05, 3.63) is 24.8 Å². The Morgan fingerprint density at radius 3 is 2.12 bits per heavy atom. The second-order valence-corrected chi connectivity index (χ2v) is 7.73. The second-order valence-electron chi connectivity index (χ2n) is 7.73. The van der Waals surface area contributed by atoms with Crippen molar-refractivity contribution < 1.29 is 9.84 Å². The topological polar surface area (TPSA) is 29.1 Å². The van der Waals surface area contributed by atoms with Crippen molar-refractivity contribution in [3.63, 3.8) is 0 Å². The van der Waals surface area contributed by atoms with E-state index >= 15 is 0 Å². The Bertz CT molecular complexity index is 309. The Kier molecular flexibility index (Phi) is 20.2. The van der Waals surface area contributed by atoms with Crippen molar-refractivity contribution in [1.29, 1.82) is 0 Å². The molecule has 1 radical (unpaired) electrons. The standard InChI is InChI=1S/C24H45O2/c1-4-6-7-8-9-10-11-12-13-14-15-16-17-19-24(18-5-2)20-21-26-22-23(3)25/h5,12-13,23-24H,2,4,6-11,14-22H2,1,3H3/b13-12-. The zero-order valence-corrected chi connectivity index (χ0v) is 17.7. The van der Waals surface area contributed by atoms with Gasteiger partial charge in [-0.3, -0.25) is 0 Å². The van der Waals surface area contributed by atoms with Crippen molar-refractivity contribution in [1.82, 2.24) is 0 Å². The third kappa shape index (κ3) is 19.7. The van der Waals surface area contributed by atoms with Gasteiger partial charge in [-0.25, -0.2) is 5.11 Å². The van der Waals surface area contributed by atoms with Crippen LogP contribution < -0.4 is 0 Å². The van der Waals surface area contributed by atoms with Gasteiger partial charge in [-0.1, -0.05) is 76.5 Å². The van der Waals surface area contributed by atoms with E-state index in [0.29, 0.717) is 19.1 Å². The molecule has 0 heterocycles. The van der Waals surface area contributed by atoms with Crippen molar-refractivity contribution in [2.45, 2.75) is 110 Å². The Morgan fingerprint density at radius 1 is 0.885 bits per heavy atom. The van der Waals surface area contributed by atoms with Crippen molar-refractivity contribution in [2.75, 3.05) is 13.2 Å². The summed E-state index contributed by atoms with van der Waals surface area (Å²) in [5.74, 6) is 0.665. The fourth-order valence-corrected chi connectivity index (χ4v) is 3.27. The molecule has 26 heavy (non-hydrogen) atoms. The molecule has 2 atom stereocenters. The molecule has 0 aliphatic rings. The molecule has 0 N–H and O–H groups in total. The molecule has 0 aliphatic carbocycles. The van der Waals surface area contributed by atoms with Gasteiger partial charge in [0.15, 0.2) is 0 Å². The molecule has 0 saturated heterocycles. The number of hydrogen-bond acceptors (Lipinski definition) is 1. The maximum Gasteiger partial charge on any atom is 0.113 e. The van der Waals surface area contributed by atoms with Gasteiger partial charge in [0.1, 0.15) is 6.10 Å². The number of unbranched alkanes of at least 4 members (excludes halogenated alkanes) is 9. The summed E-state index contributed by atoms with van der Waals surface area (Å²) in [6.07, 6.45) is 24.3. The van der Waals surface area contributed by atoms with Gasteiger partial charge in [-0.05, 0) is 51.4 Å². The molecule has 0 aliphatic heterocycles. The van der Waals surface area contributed by atoms with E-state index in [9.17, 15) is 5.11 Å². The lowest BCUT2D eigenvalue weighted by Gasteiger charge is -2.15. The lowest BCUT2D eigenvalue weighted by atomic mass is 9.94. The van der Waals surface area contributed by atoms with Crippen LogP contribution in [-0.2, 0) is 9.84 Å². The first-order valence-electron chi connectivity index (χ1n) is 11.2. The van der Waals surface area contributed by atoms with Crippen LogP contribution in [0, 0.1) is 5.92 Å². The van der Waals surface area contributed by atoms with E-state index in [0.717, 1.165) is 12.8 Å². The first-order valence-corrected chi connectivity index (χ1v) is 11.2. The number of rotatable bonds is 20. The van der Waals surface area contributed by atoms with Crippen LogP contribution in [0.4, 0.5) is 0 Å². The first-order chi connectivity index (χ1) is 12.7. The molecule has 0 fully saturated rings. The molecule has 0 bridgehead atoms. The highest BCUT2D eigenvalue weighted by Gasteiger charge is 2.07. The number of ether oxygens (including phenoxy) is 1. The Hall–Kier alpha value is -0.600. The molecule has 2 heteroatoms. The molecule has 0 amide bonds. The van der Waals surface area contributed by atoms with E-state index in [4.69, 9.17) is 4.74 Å². The summed E-state index contributed by atoms with van der Waals surface area (Å²) in [5, 5.41) is 11.0. The zero-order valence-electron chi connectivity index (χ0n) is 17.7. The molecule has 0 saturated carbocycles.